The predicted molar refractivity (Wildman–Crippen MR) is 57.3 cm³/mol. The summed E-state index contributed by atoms with van der Waals surface area (Å²) in [6.45, 7) is 1.93. The third-order valence-corrected chi connectivity index (χ3v) is 2.64. The number of nitrogens with zero attached hydrogens (tertiary/aromatic N) is 3. The highest BCUT2D eigenvalue weighted by Crippen LogP contribution is 2.14. The molecule has 0 spiro atoms. The maximum Gasteiger partial charge on any atom is 0.277 e. The molecule has 16 heavy (non-hydrogen) atoms. The molecule has 1 fully saturated rings. The first kappa shape index (κ1) is 10.8. The van der Waals surface area contributed by atoms with E-state index in [4.69, 9.17) is 5.21 Å². The number of nitrogens with one attached hydrogen (secondary N) is 1. The van der Waals surface area contributed by atoms with Crippen molar-refractivity contribution in [1.82, 2.24) is 15.4 Å². The fourth-order valence-electron chi connectivity index (χ4n) is 1.76. The van der Waals surface area contributed by atoms with Crippen molar-refractivity contribution in [1.29, 1.82) is 0 Å². The van der Waals surface area contributed by atoms with Gasteiger partial charge in [-0.05, 0) is 19.3 Å². The first-order valence-electron chi connectivity index (χ1n) is 5.32. The third kappa shape index (κ3) is 2.27. The molecule has 0 unspecified atom stereocenters. The third-order valence-electron chi connectivity index (χ3n) is 2.64. The monoisotopic (exact) mass is 222 g/mol. The average molecular weight is 222 g/mol. The van der Waals surface area contributed by atoms with Crippen molar-refractivity contribution in [3.8, 4) is 0 Å². The van der Waals surface area contributed by atoms with E-state index in [9.17, 15) is 4.79 Å². The van der Waals surface area contributed by atoms with Gasteiger partial charge in [-0.1, -0.05) is 0 Å². The van der Waals surface area contributed by atoms with Gasteiger partial charge in [0.25, 0.3) is 5.91 Å². The van der Waals surface area contributed by atoms with E-state index in [0.29, 0.717) is 5.95 Å². The molecular formula is C10H14N4O2. The second-order valence-corrected chi connectivity index (χ2v) is 3.76. The number of carbonyl (C=O) groups excluding carboxylic acids is 1. The van der Waals surface area contributed by atoms with E-state index in [1.54, 1.807) is 5.48 Å². The molecule has 0 saturated carbocycles. The quantitative estimate of drug-likeness (QED) is 0.565. The topological polar surface area (TPSA) is 78.3 Å². The van der Waals surface area contributed by atoms with Gasteiger partial charge in [0, 0.05) is 25.5 Å². The van der Waals surface area contributed by atoms with Crippen LogP contribution in [0.5, 0.6) is 0 Å². The Morgan fingerprint density at radius 1 is 1.25 bits per heavy atom. The Labute approximate surface area is 93.3 Å². The molecular weight excluding hydrogens is 208 g/mol. The minimum atomic E-state index is -0.592. The second kappa shape index (κ2) is 4.89. The van der Waals surface area contributed by atoms with Gasteiger partial charge < -0.3 is 4.90 Å². The van der Waals surface area contributed by atoms with Crippen LogP contribution in [0.4, 0.5) is 5.95 Å². The van der Waals surface area contributed by atoms with E-state index in [0.717, 1.165) is 25.9 Å². The summed E-state index contributed by atoms with van der Waals surface area (Å²) in [6, 6.07) is 0. The van der Waals surface area contributed by atoms with Crippen molar-refractivity contribution in [2.45, 2.75) is 19.3 Å². The fraction of sp³-hybridized carbons (Fsp3) is 0.500. The summed E-state index contributed by atoms with van der Waals surface area (Å²) in [5, 5.41) is 8.44. The van der Waals surface area contributed by atoms with E-state index >= 15 is 0 Å². The molecule has 6 heteroatoms. The highest BCUT2D eigenvalue weighted by Gasteiger charge is 2.14. The standard InChI is InChI=1S/C10H14N4O2/c15-9(13-16)8-6-11-10(12-7-8)14-4-2-1-3-5-14/h6-7,16H,1-5H2,(H,13,15). The smallest absolute Gasteiger partial charge is 0.277 e. The predicted octanol–water partition coefficient (Wildman–Crippen LogP) is 0.586. The summed E-state index contributed by atoms with van der Waals surface area (Å²) >= 11 is 0. The number of aromatic nitrogens is 2. The Kier molecular flexibility index (Phi) is 3.31. The molecule has 1 aromatic heterocycles. The molecule has 0 radical (unpaired) electrons. The minimum Gasteiger partial charge on any atom is -0.341 e. The first-order valence-corrected chi connectivity index (χ1v) is 5.32. The Morgan fingerprint density at radius 2 is 1.88 bits per heavy atom. The zero-order valence-electron chi connectivity index (χ0n) is 8.89. The van der Waals surface area contributed by atoms with Crippen LogP contribution in [0.2, 0.25) is 0 Å². The van der Waals surface area contributed by atoms with E-state index in [1.165, 1.54) is 18.8 Å². The van der Waals surface area contributed by atoms with Gasteiger partial charge in [0.05, 0.1) is 5.56 Å². The van der Waals surface area contributed by atoms with E-state index < -0.39 is 5.91 Å². The first-order chi connectivity index (χ1) is 7.81. The number of carbonyl (C=O) groups is 1. The van der Waals surface area contributed by atoms with Crippen molar-refractivity contribution in [3.63, 3.8) is 0 Å². The van der Waals surface area contributed by atoms with Crippen LogP contribution in [0.15, 0.2) is 12.4 Å². The summed E-state index contributed by atoms with van der Waals surface area (Å²) in [6.07, 6.45) is 6.40. The lowest BCUT2D eigenvalue weighted by Crippen LogP contribution is -2.31. The fourth-order valence-corrected chi connectivity index (χ4v) is 1.76. The largest absolute Gasteiger partial charge is 0.341 e. The van der Waals surface area contributed by atoms with Crippen LogP contribution in [-0.4, -0.2) is 34.2 Å². The van der Waals surface area contributed by atoms with Crippen LogP contribution in [-0.2, 0) is 0 Å². The molecule has 0 atom stereocenters. The average Bonchev–Trinajstić information content (AvgIpc) is 2.39. The van der Waals surface area contributed by atoms with Crippen LogP contribution in [0.3, 0.4) is 0 Å². The molecule has 6 nitrogen and oxygen atoms in total. The van der Waals surface area contributed by atoms with Gasteiger partial charge in [0.2, 0.25) is 5.95 Å². The summed E-state index contributed by atoms with van der Waals surface area (Å²) in [5.74, 6) is 0.0550. The van der Waals surface area contributed by atoms with Crippen LogP contribution in [0, 0.1) is 0 Å². The lowest BCUT2D eigenvalue weighted by molar-refractivity contribution is 0.0705. The summed E-state index contributed by atoms with van der Waals surface area (Å²) in [4.78, 5) is 21.4. The highest BCUT2D eigenvalue weighted by atomic mass is 16.5. The highest BCUT2D eigenvalue weighted by molar-refractivity contribution is 5.92. The molecule has 1 amide bonds. The van der Waals surface area contributed by atoms with Gasteiger partial charge in [-0.2, -0.15) is 0 Å². The molecule has 0 aliphatic carbocycles. The van der Waals surface area contributed by atoms with Crippen molar-refractivity contribution in [2.24, 2.45) is 0 Å². The second-order valence-electron chi connectivity index (χ2n) is 3.76. The van der Waals surface area contributed by atoms with Crippen molar-refractivity contribution in [2.75, 3.05) is 18.0 Å². The number of amides is 1. The molecule has 1 saturated heterocycles. The molecule has 2 rings (SSSR count). The van der Waals surface area contributed by atoms with Gasteiger partial charge in [-0.3, -0.25) is 10.0 Å². The lowest BCUT2D eigenvalue weighted by atomic mass is 10.1. The van der Waals surface area contributed by atoms with Gasteiger partial charge in [-0.25, -0.2) is 15.4 Å². The Morgan fingerprint density at radius 3 is 2.44 bits per heavy atom. The summed E-state index contributed by atoms with van der Waals surface area (Å²) in [7, 11) is 0. The van der Waals surface area contributed by atoms with Crippen LogP contribution >= 0.6 is 0 Å². The number of hydroxylamine groups is 1. The van der Waals surface area contributed by atoms with E-state index in [2.05, 4.69) is 14.9 Å². The Hall–Kier alpha value is -1.69. The number of rotatable bonds is 2. The van der Waals surface area contributed by atoms with Gasteiger partial charge in [0.1, 0.15) is 0 Å². The zero-order chi connectivity index (χ0) is 11.4. The minimum absolute atomic E-state index is 0.253. The zero-order valence-corrected chi connectivity index (χ0v) is 8.89. The summed E-state index contributed by atoms with van der Waals surface area (Å²) < 4.78 is 0. The van der Waals surface area contributed by atoms with E-state index in [-0.39, 0.29) is 5.56 Å². The van der Waals surface area contributed by atoms with Crippen molar-refractivity contribution >= 4 is 11.9 Å². The Bertz CT molecular complexity index is 360. The molecule has 1 aromatic rings. The van der Waals surface area contributed by atoms with Crippen molar-refractivity contribution in [3.05, 3.63) is 18.0 Å². The van der Waals surface area contributed by atoms with Gasteiger partial charge >= 0.3 is 0 Å². The maximum absolute atomic E-state index is 11.0. The molecule has 86 valence electrons. The molecule has 0 bridgehead atoms. The molecule has 2 N–H and O–H groups in total. The number of hydrogen-bond donors (Lipinski definition) is 2. The number of piperidine rings is 1. The van der Waals surface area contributed by atoms with E-state index in [1.807, 2.05) is 0 Å². The number of anilines is 1. The molecule has 0 aromatic carbocycles. The number of hydrogen-bond acceptors (Lipinski definition) is 5. The molecule has 1 aliphatic rings. The molecule has 2 heterocycles. The normalized spacial score (nSPS) is 15.9. The Balaban J connectivity index is 2.09. The van der Waals surface area contributed by atoms with Gasteiger partial charge in [-0.15, -0.1) is 0 Å². The van der Waals surface area contributed by atoms with Gasteiger partial charge in [0.15, 0.2) is 0 Å². The van der Waals surface area contributed by atoms with Crippen LogP contribution in [0.25, 0.3) is 0 Å². The molecule has 1 aliphatic heterocycles. The van der Waals surface area contributed by atoms with Crippen LogP contribution in [0.1, 0.15) is 29.6 Å². The lowest BCUT2D eigenvalue weighted by Gasteiger charge is -2.26. The van der Waals surface area contributed by atoms with Crippen LogP contribution < -0.4 is 10.4 Å². The van der Waals surface area contributed by atoms with Crippen molar-refractivity contribution < 1.29 is 10.0 Å². The maximum atomic E-state index is 11.0. The SMILES string of the molecule is O=C(NO)c1cnc(N2CCCCC2)nc1. The summed E-state index contributed by atoms with van der Waals surface area (Å²) in [5.41, 5.74) is 1.80.